The van der Waals surface area contributed by atoms with Crippen LogP contribution in [0.25, 0.3) is 0 Å². The Morgan fingerprint density at radius 1 is 1.79 bits per heavy atom. The van der Waals surface area contributed by atoms with E-state index in [1.807, 2.05) is 6.08 Å². The molecule has 0 radical (unpaired) electrons. The first-order valence-electron chi connectivity index (χ1n) is 5.15. The van der Waals surface area contributed by atoms with Crippen molar-refractivity contribution in [2.24, 2.45) is 0 Å². The minimum absolute atomic E-state index is 0.0427. The summed E-state index contributed by atoms with van der Waals surface area (Å²) >= 11 is 0. The lowest BCUT2D eigenvalue weighted by molar-refractivity contribution is -0.138. The summed E-state index contributed by atoms with van der Waals surface area (Å²) in [6, 6.07) is 0. The lowest BCUT2D eigenvalue weighted by Crippen LogP contribution is -2.39. The van der Waals surface area contributed by atoms with Crippen LogP contribution in [-0.4, -0.2) is 17.5 Å². The fourth-order valence-corrected chi connectivity index (χ4v) is 2.42. The summed E-state index contributed by atoms with van der Waals surface area (Å²) in [4.78, 5) is 11.5. The number of hydrogen-bond donors (Lipinski definition) is 0. The predicted molar refractivity (Wildman–Crippen MR) is 55.0 cm³/mol. The van der Waals surface area contributed by atoms with Gasteiger partial charge < -0.3 is 4.74 Å². The van der Waals surface area contributed by atoms with E-state index in [2.05, 4.69) is 19.6 Å². The van der Waals surface area contributed by atoms with Gasteiger partial charge in [-0.1, -0.05) is 12.2 Å². The number of Topliss-reactive ketones (excluding diaryl/α,β-unsaturated/α-hetero) is 1. The van der Waals surface area contributed by atoms with Gasteiger partial charge in [-0.05, 0) is 25.3 Å². The molecule has 2 aliphatic rings. The highest BCUT2D eigenvalue weighted by Gasteiger charge is 2.45. The first-order chi connectivity index (χ1) is 6.66. The Kier molecular flexibility index (Phi) is 2.31. The number of carbonyl (C=O) groups is 1. The van der Waals surface area contributed by atoms with Gasteiger partial charge >= 0.3 is 0 Å². The fourth-order valence-electron chi connectivity index (χ4n) is 2.42. The van der Waals surface area contributed by atoms with Crippen LogP contribution in [0.1, 0.15) is 32.6 Å². The maximum absolute atomic E-state index is 11.5. The van der Waals surface area contributed by atoms with Gasteiger partial charge in [-0.25, -0.2) is 0 Å². The van der Waals surface area contributed by atoms with Crippen molar-refractivity contribution < 1.29 is 9.53 Å². The second kappa shape index (κ2) is 3.35. The van der Waals surface area contributed by atoms with Crippen LogP contribution in [0, 0.1) is 0 Å². The third-order valence-electron chi connectivity index (χ3n) is 3.20. The summed E-state index contributed by atoms with van der Waals surface area (Å²) < 4.78 is 5.91. The monoisotopic (exact) mass is 192 g/mol. The average Bonchev–Trinajstić information content (AvgIpc) is 2.35. The smallest absolute Gasteiger partial charge is 0.139 e. The maximum atomic E-state index is 11.5. The molecular formula is C12H16O2. The van der Waals surface area contributed by atoms with Crippen LogP contribution < -0.4 is 0 Å². The van der Waals surface area contributed by atoms with Gasteiger partial charge in [0.05, 0.1) is 11.7 Å². The molecule has 2 rings (SSSR count). The summed E-state index contributed by atoms with van der Waals surface area (Å²) in [6.07, 6.45) is 6.95. The molecule has 2 nitrogen and oxygen atoms in total. The van der Waals surface area contributed by atoms with Crippen molar-refractivity contribution >= 4 is 5.78 Å². The molecule has 0 spiro atoms. The van der Waals surface area contributed by atoms with E-state index in [0.29, 0.717) is 18.6 Å². The first kappa shape index (κ1) is 9.66. The van der Waals surface area contributed by atoms with Gasteiger partial charge in [0.25, 0.3) is 0 Å². The molecule has 14 heavy (non-hydrogen) atoms. The van der Waals surface area contributed by atoms with Gasteiger partial charge in [0, 0.05) is 12.8 Å². The summed E-state index contributed by atoms with van der Waals surface area (Å²) in [5, 5.41) is 0. The van der Waals surface area contributed by atoms with Gasteiger partial charge in [0.2, 0.25) is 0 Å². The van der Waals surface area contributed by atoms with E-state index in [1.54, 1.807) is 0 Å². The van der Waals surface area contributed by atoms with Gasteiger partial charge in [-0.3, -0.25) is 4.79 Å². The van der Waals surface area contributed by atoms with Crippen molar-refractivity contribution in [1.29, 1.82) is 0 Å². The zero-order valence-electron chi connectivity index (χ0n) is 8.58. The molecule has 0 amide bonds. The molecule has 1 saturated heterocycles. The number of ketones is 1. The molecule has 2 heteroatoms. The number of allylic oxidation sites excluding steroid dienone is 1. The molecule has 2 unspecified atom stereocenters. The Labute approximate surface area is 84.6 Å². The van der Waals surface area contributed by atoms with Crippen LogP contribution in [0.5, 0.6) is 0 Å². The van der Waals surface area contributed by atoms with Gasteiger partial charge in [-0.2, -0.15) is 0 Å². The van der Waals surface area contributed by atoms with E-state index < -0.39 is 0 Å². The van der Waals surface area contributed by atoms with Crippen LogP contribution >= 0.6 is 0 Å². The molecule has 0 aliphatic carbocycles. The SMILES string of the molecule is C=CCCC12CC(=O)CC(C=C1C)O2. The van der Waals surface area contributed by atoms with Crippen LogP contribution in [-0.2, 0) is 9.53 Å². The van der Waals surface area contributed by atoms with Crippen LogP contribution in [0.15, 0.2) is 24.3 Å². The van der Waals surface area contributed by atoms with Gasteiger partial charge in [0.15, 0.2) is 0 Å². The molecule has 0 saturated carbocycles. The Balaban J connectivity index is 2.19. The average molecular weight is 192 g/mol. The number of carbonyl (C=O) groups excluding carboxylic acids is 1. The largest absolute Gasteiger partial charge is 0.362 e. The van der Waals surface area contributed by atoms with Crippen molar-refractivity contribution in [3.05, 3.63) is 24.3 Å². The van der Waals surface area contributed by atoms with E-state index in [-0.39, 0.29) is 11.7 Å². The molecule has 2 aliphatic heterocycles. The Morgan fingerprint density at radius 2 is 2.57 bits per heavy atom. The molecular weight excluding hydrogens is 176 g/mol. The zero-order chi connectivity index (χ0) is 10.2. The highest BCUT2D eigenvalue weighted by Crippen LogP contribution is 2.42. The number of rotatable bonds is 3. The predicted octanol–water partition coefficient (Wildman–Crippen LogP) is 2.40. The fraction of sp³-hybridized carbons (Fsp3) is 0.583. The van der Waals surface area contributed by atoms with Gasteiger partial charge in [0.1, 0.15) is 5.78 Å². The van der Waals surface area contributed by atoms with Gasteiger partial charge in [-0.15, -0.1) is 6.58 Å². The van der Waals surface area contributed by atoms with Crippen LogP contribution in [0.3, 0.4) is 0 Å². The minimum Gasteiger partial charge on any atom is -0.362 e. The first-order valence-corrected chi connectivity index (χ1v) is 5.15. The van der Waals surface area contributed by atoms with Crippen molar-refractivity contribution in [2.75, 3.05) is 0 Å². The Morgan fingerprint density at radius 3 is 3.29 bits per heavy atom. The van der Waals surface area contributed by atoms with Crippen LogP contribution in [0.2, 0.25) is 0 Å². The molecule has 0 aromatic carbocycles. The number of ether oxygens (including phenoxy) is 1. The highest BCUT2D eigenvalue weighted by atomic mass is 16.5. The van der Waals surface area contributed by atoms with Crippen molar-refractivity contribution in [2.45, 2.75) is 44.3 Å². The second-order valence-electron chi connectivity index (χ2n) is 4.25. The third kappa shape index (κ3) is 1.44. The highest BCUT2D eigenvalue weighted by molar-refractivity contribution is 5.82. The third-order valence-corrected chi connectivity index (χ3v) is 3.20. The van der Waals surface area contributed by atoms with E-state index in [4.69, 9.17) is 4.74 Å². The lowest BCUT2D eigenvalue weighted by atomic mass is 9.85. The lowest BCUT2D eigenvalue weighted by Gasteiger charge is -2.34. The molecule has 0 aromatic heterocycles. The van der Waals surface area contributed by atoms with E-state index in [0.717, 1.165) is 12.8 Å². The summed E-state index contributed by atoms with van der Waals surface area (Å²) in [6.45, 7) is 5.78. The van der Waals surface area contributed by atoms with Crippen molar-refractivity contribution in [1.82, 2.24) is 0 Å². The maximum Gasteiger partial charge on any atom is 0.139 e. The molecule has 2 heterocycles. The van der Waals surface area contributed by atoms with E-state index in [9.17, 15) is 4.79 Å². The molecule has 2 atom stereocenters. The Hall–Kier alpha value is -0.890. The second-order valence-corrected chi connectivity index (χ2v) is 4.25. The van der Waals surface area contributed by atoms with E-state index >= 15 is 0 Å². The summed E-state index contributed by atoms with van der Waals surface area (Å²) in [7, 11) is 0. The molecule has 0 N–H and O–H groups in total. The molecule has 1 fully saturated rings. The van der Waals surface area contributed by atoms with Crippen LogP contribution in [0.4, 0.5) is 0 Å². The standard InChI is InChI=1S/C12H16O2/c1-3-4-5-12-8-10(13)7-11(14-12)6-9(12)2/h3,6,11H,1,4-5,7-8H2,2H3. The van der Waals surface area contributed by atoms with Crippen molar-refractivity contribution in [3.8, 4) is 0 Å². The zero-order valence-corrected chi connectivity index (χ0v) is 8.58. The normalized spacial score (nSPS) is 35.6. The minimum atomic E-state index is -0.284. The number of hydrogen-bond acceptors (Lipinski definition) is 2. The summed E-state index contributed by atoms with van der Waals surface area (Å²) in [5.41, 5.74) is 0.948. The van der Waals surface area contributed by atoms with Crippen molar-refractivity contribution in [3.63, 3.8) is 0 Å². The quantitative estimate of drug-likeness (QED) is 0.642. The molecule has 2 bridgehead atoms. The van der Waals surface area contributed by atoms with E-state index in [1.165, 1.54) is 5.57 Å². The summed E-state index contributed by atoms with van der Waals surface area (Å²) in [5.74, 6) is 0.332. The molecule has 76 valence electrons. The topological polar surface area (TPSA) is 26.3 Å². The number of fused-ring (bicyclic) bond motifs is 2. The molecule has 0 aromatic rings. The Bertz CT molecular complexity index is 303.